The molecule has 1 aromatic carbocycles. The molecule has 0 heterocycles. The van der Waals surface area contributed by atoms with Crippen molar-refractivity contribution in [1.82, 2.24) is 10.2 Å². The van der Waals surface area contributed by atoms with Gasteiger partial charge in [0.25, 0.3) is 5.69 Å². The highest BCUT2D eigenvalue weighted by Crippen LogP contribution is 2.16. The Bertz CT molecular complexity index is 367. The lowest BCUT2D eigenvalue weighted by Crippen LogP contribution is -2.21. The van der Waals surface area contributed by atoms with Crippen LogP contribution in [0.1, 0.15) is 12.0 Å². The first-order chi connectivity index (χ1) is 8.11. The molecule has 0 aliphatic rings. The molecule has 94 valence electrons. The van der Waals surface area contributed by atoms with Crippen molar-refractivity contribution in [2.75, 3.05) is 27.2 Å². The molecule has 0 saturated carbocycles. The van der Waals surface area contributed by atoms with Gasteiger partial charge in [0, 0.05) is 18.2 Å². The minimum absolute atomic E-state index is 0.188. The molecule has 0 aliphatic carbocycles. The fourth-order valence-corrected chi connectivity index (χ4v) is 1.58. The Morgan fingerprint density at radius 3 is 2.71 bits per heavy atom. The number of rotatable bonds is 7. The predicted octanol–water partition coefficient (Wildman–Crippen LogP) is 1.64. The van der Waals surface area contributed by atoms with Gasteiger partial charge in [-0.05, 0) is 33.6 Å². The predicted molar refractivity (Wildman–Crippen MR) is 68.0 cm³/mol. The molecule has 1 aromatic rings. The van der Waals surface area contributed by atoms with Crippen LogP contribution >= 0.6 is 0 Å². The smallest absolute Gasteiger partial charge is 0.273 e. The highest BCUT2D eigenvalue weighted by atomic mass is 16.6. The molecule has 1 rings (SSSR count). The van der Waals surface area contributed by atoms with Crippen LogP contribution in [0.2, 0.25) is 0 Å². The van der Waals surface area contributed by atoms with Crippen molar-refractivity contribution in [3.63, 3.8) is 0 Å². The van der Waals surface area contributed by atoms with Gasteiger partial charge in [0.1, 0.15) is 0 Å². The average molecular weight is 237 g/mol. The molecule has 0 aromatic heterocycles. The molecule has 0 spiro atoms. The van der Waals surface area contributed by atoms with E-state index in [1.165, 1.54) is 6.07 Å². The van der Waals surface area contributed by atoms with Crippen LogP contribution in [0.3, 0.4) is 0 Å². The summed E-state index contributed by atoms with van der Waals surface area (Å²) in [5.74, 6) is 0. The van der Waals surface area contributed by atoms with Crippen molar-refractivity contribution in [1.29, 1.82) is 0 Å². The molecule has 5 heteroatoms. The van der Waals surface area contributed by atoms with Crippen molar-refractivity contribution in [3.05, 3.63) is 39.9 Å². The van der Waals surface area contributed by atoms with E-state index in [0.29, 0.717) is 6.54 Å². The van der Waals surface area contributed by atoms with Crippen LogP contribution in [-0.2, 0) is 6.54 Å². The summed E-state index contributed by atoms with van der Waals surface area (Å²) in [7, 11) is 4.06. The molecule has 0 aliphatic heterocycles. The Morgan fingerprint density at radius 1 is 1.35 bits per heavy atom. The van der Waals surface area contributed by atoms with Gasteiger partial charge in [-0.3, -0.25) is 10.1 Å². The van der Waals surface area contributed by atoms with Crippen LogP contribution in [-0.4, -0.2) is 37.0 Å². The lowest BCUT2D eigenvalue weighted by molar-refractivity contribution is -0.385. The van der Waals surface area contributed by atoms with E-state index in [2.05, 4.69) is 10.2 Å². The van der Waals surface area contributed by atoms with Gasteiger partial charge in [-0.15, -0.1) is 0 Å². The first-order valence-electron chi connectivity index (χ1n) is 5.69. The lowest BCUT2D eigenvalue weighted by atomic mass is 10.2. The standard InChI is InChI=1S/C12H19N3O2/c1-14(2)9-5-8-13-10-11-6-3-4-7-12(11)15(16)17/h3-4,6-7,13H,5,8-10H2,1-2H3. The molecular weight excluding hydrogens is 218 g/mol. The van der Waals surface area contributed by atoms with Gasteiger partial charge in [-0.2, -0.15) is 0 Å². The highest BCUT2D eigenvalue weighted by Gasteiger charge is 2.10. The third-order valence-electron chi connectivity index (χ3n) is 2.46. The van der Waals surface area contributed by atoms with Gasteiger partial charge >= 0.3 is 0 Å². The molecule has 0 atom stereocenters. The fraction of sp³-hybridized carbons (Fsp3) is 0.500. The third kappa shape index (κ3) is 4.93. The number of nitrogens with one attached hydrogen (secondary N) is 1. The lowest BCUT2D eigenvalue weighted by Gasteiger charge is -2.09. The summed E-state index contributed by atoms with van der Waals surface area (Å²) in [4.78, 5) is 12.6. The van der Waals surface area contributed by atoms with Gasteiger partial charge in [-0.1, -0.05) is 18.2 Å². The third-order valence-corrected chi connectivity index (χ3v) is 2.46. The summed E-state index contributed by atoms with van der Waals surface area (Å²) >= 11 is 0. The van der Waals surface area contributed by atoms with Crippen molar-refractivity contribution in [3.8, 4) is 0 Å². The van der Waals surface area contributed by atoms with E-state index >= 15 is 0 Å². The van der Waals surface area contributed by atoms with E-state index in [1.807, 2.05) is 20.2 Å². The minimum atomic E-state index is -0.336. The number of hydrogen-bond donors (Lipinski definition) is 1. The number of para-hydroxylation sites is 1. The Balaban J connectivity index is 2.39. The Kier molecular flexibility index (Phi) is 5.59. The zero-order valence-corrected chi connectivity index (χ0v) is 10.3. The molecule has 0 amide bonds. The van der Waals surface area contributed by atoms with E-state index in [-0.39, 0.29) is 10.6 Å². The number of nitro benzene ring substituents is 1. The topological polar surface area (TPSA) is 58.4 Å². The second kappa shape index (κ2) is 6.98. The number of nitro groups is 1. The maximum Gasteiger partial charge on any atom is 0.273 e. The van der Waals surface area contributed by atoms with Gasteiger partial charge in [-0.25, -0.2) is 0 Å². The summed E-state index contributed by atoms with van der Waals surface area (Å²) in [5.41, 5.74) is 0.926. The SMILES string of the molecule is CN(C)CCCNCc1ccccc1[N+](=O)[O-]. The summed E-state index contributed by atoms with van der Waals surface area (Å²) in [6, 6.07) is 6.84. The van der Waals surface area contributed by atoms with Crippen molar-refractivity contribution in [2.45, 2.75) is 13.0 Å². The maximum absolute atomic E-state index is 10.8. The van der Waals surface area contributed by atoms with E-state index in [1.54, 1.807) is 12.1 Å². The van der Waals surface area contributed by atoms with Crippen molar-refractivity contribution < 1.29 is 4.92 Å². The molecule has 0 unspecified atom stereocenters. The van der Waals surface area contributed by atoms with E-state index in [9.17, 15) is 10.1 Å². The van der Waals surface area contributed by atoms with Gasteiger partial charge in [0.15, 0.2) is 0 Å². The average Bonchev–Trinajstić information content (AvgIpc) is 2.28. The Morgan fingerprint density at radius 2 is 2.06 bits per heavy atom. The van der Waals surface area contributed by atoms with Gasteiger partial charge < -0.3 is 10.2 Å². The Labute approximate surface area is 102 Å². The second-order valence-electron chi connectivity index (χ2n) is 4.22. The van der Waals surface area contributed by atoms with Crippen LogP contribution in [0.25, 0.3) is 0 Å². The number of benzene rings is 1. The fourth-order valence-electron chi connectivity index (χ4n) is 1.58. The summed E-state index contributed by atoms with van der Waals surface area (Å²) < 4.78 is 0. The number of hydrogen-bond acceptors (Lipinski definition) is 4. The highest BCUT2D eigenvalue weighted by molar-refractivity contribution is 5.39. The molecular formula is C12H19N3O2. The Hall–Kier alpha value is -1.46. The quantitative estimate of drug-likeness (QED) is 0.445. The van der Waals surface area contributed by atoms with Crippen LogP contribution in [0.15, 0.2) is 24.3 Å². The summed E-state index contributed by atoms with van der Waals surface area (Å²) in [6.45, 7) is 2.43. The largest absolute Gasteiger partial charge is 0.312 e. The van der Waals surface area contributed by atoms with Crippen LogP contribution in [0, 0.1) is 10.1 Å². The monoisotopic (exact) mass is 237 g/mol. The normalized spacial score (nSPS) is 10.8. The minimum Gasteiger partial charge on any atom is -0.312 e. The molecule has 0 saturated heterocycles. The molecule has 1 N–H and O–H groups in total. The first-order valence-corrected chi connectivity index (χ1v) is 5.69. The van der Waals surface area contributed by atoms with E-state index in [0.717, 1.165) is 25.1 Å². The van der Waals surface area contributed by atoms with Crippen LogP contribution in [0.4, 0.5) is 5.69 Å². The van der Waals surface area contributed by atoms with Crippen molar-refractivity contribution in [2.24, 2.45) is 0 Å². The molecule has 0 fully saturated rings. The van der Waals surface area contributed by atoms with Crippen LogP contribution < -0.4 is 5.32 Å². The maximum atomic E-state index is 10.8. The molecule has 0 bridgehead atoms. The molecule has 5 nitrogen and oxygen atoms in total. The van der Waals surface area contributed by atoms with E-state index in [4.69, 9.17) is 0 Å². The molecule has 0 radical (unpaired) electrons. The zero-order valence-electron chi connectivity index (χ0n) is 10.3. The zero-order chi connectivity index (χ0) is 12.7. The number of nitrogens with zero attached hydrogens (tertiary/aromatic N) is 2. The van der Waals surface area contributed by atoms with Gasteiger partial charge in [0.05, 0.1) is 4.92 Å². The van der Waals surface area contributed by atoms with Crippen molar-refractivity contribution >= 4 is 5.69 Å². The first kappa shape index (κ1) is 13.6. The van der Waals surface area contributed by atoms with E-state index < -0.39 is 0 Å². The second-order valence-corrected chi connectivity index (χ2v) is 4.22. The molecule has 17 heavy (non-hydrogen) atoms. The summed E-state index contributed by atoms with van der Waals surface area (Å²) in [6.07, 6.45) is 1.04. The van der Waals surface area contributed by atoms with Crippen LogP contribution in [0.5, 0.6) is 0 Å². The van der Waals surface area contributed by atoms with Gasteiger partial charge in [0.2, 0.25) is 0 Å². The summed E-state index contributed by atoms with van der Waals surface area (Å²) in [5, 5.41) is 14.0.